The van der Waals surface area contributed by atoms with E-state index in [9.17, 15) is 0 Å². The molecule has 2 fully saturated rings. The van der Waals surface area contributed by atoms with E-state index in [0.29, 0.717) is 5.41 Å². The van der Waals surface area contributed by atoms with Gasteiger partial charge in [0.2, 0.25) is 0 Å². The molecule has 0 aromatic heterocycles. The summed E-state index contributed by atoms with van der Waals surface area (Å²) >= 11 is 0. The van der Waals surface area contributed by atoms with Gasteiger partial charge in [0.15, 0.2) is 0 Å². The van der Waals surface area contributed by atoms with Crippen LogP contribution in [0.1, 0.15) is 27.2 Å². The third kappa shape index (κ3) is 8.52. The lowest BCUT2D eigenvalue weighted by molar-refractivity contribution is 0.0235. The molecule has 25 heavy (non-hydrogen) atoms. The average molecular weight is 371 g/mol. The second kappa shape index (κ2) is 9.84. The van der Waals surface area contributed by atoms with Gasteiger partial charge in [-0.1, -0.05) is 46.0 Å². The molecule has 0 aromatic rings. The van der Waals surface area contributed by atoms with Crippen molar-refractivity contribution in [2.24, 2.45) is 11.3 Å². The topological polar surface area (TPSA) is 24.9 Å². The maximum Gasteiger partial charge on any atom is 0.0594 e. The van der Waals surface area contributed by atoms with E-state index in [2.05, 4.69) is 43.7 Å². The highest BCUT2D eigenvalue weighted by atomic mass is 28.3. The van der Waals surface area contributed by atoms with Gasteiger partial charge in [0, 0.05) is 40.8 Å². The van der Waals surface area contributed by atoms with Crippen LogP contribution >= 0.6 is 0 Å². The van der Waals surface area contributed by atoms with E-state index in [1.165, 1.54) is 31.6 Å². The number of morpholine rings is 2. The van der Waals surface area contributed by atoms with E-state index in [1.807, 2.05) is 0 Å². The molecule has 2 heterocycles. The second-order valence-corrected chi connectivity index (χ2v) is 15.0. The third-order valence-electron chi connectivity index (χ3n) is 5.66. The quantitative estimate of drug-likeness (QED) is 0.581. The van der Waals surface area contributed by atoms with Gasteiger partial charge in [-0.05, 0) is 24.3 Å². The molecule has 2 saturated heterocycles. The monoisotopic (exact) mass is 370 g/mol. The van der Waals surface area contributed by atoms with Crippen LogP contribution in [0.25, 0.3) is 0 Å². The molecule has 0 amide bonds. The Bertz CT molecular complexity index is 378. The van der Waals surface area contributed by atoms with Crippen molar-refractivity contribution in [2.75, 3.05) is 65.7 Å². The first-order valence-corrected chi connectivity index (χ1v) is 13.8. The Labute approximate surface area is 157 Å². The molecule has 148 valence electrons. The number of ether oxygens (including phenoxy) is 2. The van der Waals surface area contributed by atoms with Crippen molar-refractivity contribution in [1.29, 1.82) is 0 Å². The van der Waals surface area contributed by atoms with Crippen molar-refractivity contribution in [3.63, 3.8) is 0 Å². The molecule has 0 saturated carbocycles. The Hall–Kier alpha value is 0.0569. The van der Waals surface area contributed by atoms with Crippen LogP contribution in [0.4, 0.5) is 0 Å². The SMILES string of the molecule is CC(CCN1CCOCC1)C[Si](C)(C)CC(C)(C)CN1CCOCC1. The van der Waals surface area contributed by atoms with Crippen LogP contribution in [0.2, 0.25) is 25.2 Å². The van der Waals surface area contributed by atoms with Crippen molar-refractivity contribution in [1.82, 2.24) is 9.80 Å². The minimum Gasteiger partial charge on any atom is -0.379 e. The summed E-state index contributed by atoms with van der Waals surface area (Å²) < 4.78 is 11.0. The van der Waals surface area contributed by atoms with Crippen molar-refractivity contribution < 1.29 is 9.47 Å². The van der Waals surface area contributed by atoms with Crippen LogP contribution in [0.15, 0.2) is 0 Å². The summed E-state index contributed by atoms with van der Waals surface area (Å²) in [6.45, 7) is 23.3. The van der Waals surface area contributed by atoms with Crippen LogP contribution < -0.4 is 0 Å². The molecule has 0 bridgehead atoms. The summed E-state index contributed by atoms with van der Waals surface area (Å²) in [5.41, 5.74) is 0.428. The van der Waals surface area contributed by atoms with Gasteiger partial charge in [0.05, 0.1) is 26.4 Å². The fourth-order valence-corrected chi connectivity index (χ4v) is 10.00. The summed E-state index contributed by atoms with van der Waals surface area (Å²) in [6, 6.07) is 2.89. The number of rotatable bonds is 9. The Morgan fingerprint density at radius 3 is 2.00 bits per heavy atom. The van der Waals surface area contributed by atoms with E-state index < -0.39 is 8.07 Å². The van der Waals surface area contributed by atoms with Crippen LogP contribution in [0, 0.1) is 11.3 Å². The molecule has 1 atom stereocenters. The van der Waals surface area contributed by atoms with Crippen molar-refractivity contribution in [3.05, 3.63) is 0 Å². The van der Waals surface area contributed by atoms with E-state index in [0.717, 1.165) is 58.5 Å². The summed E-state index contributed by atoms with van der Waals surface area (Å²) in [5.74, 6) is 0.851. The Morgan fingerprint density at radius 1 is 0.920 bits per heavy atom. The normalized spacial score (nSPS) is 22.9. The van der Waals surface area contributed by atoms with Crippen LogP contribution in [0.5, 0.6) is 0 Å². The third-order valence-corrected chi connectivity index (χ3v) is 9.37. The lowest BCUT2D eigenvalue weighted by atomic mass is 9.95. The molecule has 5 heteroatoms. The van der Waals surface area contributed by atoms with E-state index >= 15 is 0 Å². The Balaban J connectivity index is 1.72. The van der Waals surface area contributed by atoms with Crippen molar-refractivity contribution >= 4 is 8.07 Å². The van der Waals surface area contributed by atoms with Gasteiger partial charge in [-0.2, -0.15) is 0 Å². The van der Waals surface area contributed by atoms with E-state index in [-0.39, 0.29) is 0 Å². The number of hydrogen-bond donors (Lipinski definition) is 0. The zero-order chi connectivity index (χ0) is 18.3. The maximum absolute atomic E-state index is 5.50. The van der Waals surface area contributed by atoms with Gasteiger partial charge < -0.3 is 9.47 Å². The lowest BCUT2D eigenvalue weighted by Crippen LogP contribution is -2.45. The Morgan fingerprint density at radius 2 is 1.44 bits per heavy atom. The van der Waals surface area contributed by atoms with E-state index in [1.54, 1.807) is 0 Å². The highest BCUT2D eigenvalue weighted by Crippen LogP contribution is 2.34. The summed E-state index contributed by atoms with van der Waals surface area (Å²) in [4.78, 5) is 5.19. The highest BCUT2D eigenvalue weighted by molar-refractivity contribution is 6.77. The van der Waals surface area contributed by atoms with Crippen molar-refractivity contribution in [3.8, 4) is 0 Å². The first-order chi connectivity index (χ1) is 11.8. The smallest absolute Gasteiger partial charge is 0.0594 e. The first-order valence-electron chi connectivity index (χ1n) is 10.4. The van der Waals surface area contributed by atoms with Crippen LogP contribution in [0.3, 0.4) is 0 Å². The zero-order valence-electron chi connectivity index (χ0n) is 17.5. The summed E-state index contributed by atoms with van der Waals surface area (Å²) in [7, 11) is -1.17. The van der Waals surface area contributed by atoms with Gasteiger partial charge in [0.1, 0.15) is 0 Å². The molecule has 0 radical (unpaired) electrons. The minimum absolute atomic E-state index is 0.428. The predicted octanol–water partition coefficient (Wildman–Crippen LogP) is 3.41. The van der Waals surface area contributed by atoms with Gasteiger partial charge >= 0.3 is 0 Å². The van der Waals surface area contributed by atoms with Gasteiger partial charge in [-0.15, -0.1) is 0 Å². The predicted molar refractivity (Wildman–Crippen MR) is 109 cm³/mol. The molecule has 0 aliphatic carbocycles. The van der Waals surface area contributed by atoms with Gasteiger partial charge in [-0.25, -0.2) is 0 Å². The standard InChI is InChI=1S/C20H42N2O2Si/c1-19(6-7-21-8-12-23-13-9-21)16-25(4,5)18-20(2,3)17-22-10-14-24-15-11-22/h19H,6-18H2,1-5H3. The summed E-state index contributed by atoms with van der Waals surface area (Å²) in [6.07, 6.45) is 1.35. The Kier molecular flexibility index (Phi) is 8.40. The first kappa shape index (κ1) is 21.4. The molecule has 0 aromatic carbocycles. The van der Waals surface area contributed by atoms with Gasteiger partial charge in [-0.3, -0.25) is 9.80 Å². The van der Waals surface area contributed by atoms with Crippen molar-refractivity contribution in [2.45, 2.75) is 52.4 Å². The molecule has 0 N–H and O–H groups in total. The molecule has 2 aliphatic heterocycles. The molecule has 2 rings (SSSR count). The van der Waals surface area contributed by atoms with Crippen LogP contribution in [-0.4, -0.2) is 83.6 Å². The van der Waals surface area contributed by atoms with Crippen LogP contribution in [-0.2, 0) is 9.47 Å². The molecular weight excluding hydrogens is 328 g/mol. The second-order valence-electron chi connectivity index (χ2n) is 9.95. The zero-order valence-corrected chi connectivity index (χ0v) is 18.5. The largest absolute Gasteiger partial charge is 0.379 e. The maximum atomic E-state index is 5.50. The molecular formula is C20H42N2O2Si. The molecule has 2 aliphatic rings. The molecule has 1 unspecified atom stereocenters. The van der Waals surface area contributed by atoms with Gasteiger partial charge in [0.25, 0.3) is 0 Å². The fraction of sp³-hybridized carbons (Fsp3) is 1.00. The van der Waals surface area contributed by atoms with E-state index in [4.69, 9.17) is 9.47 Å². The number of nitrogens with zero attached hydrogens (tertiary/aromatic N) is 2. The summed E-state index contributed by atoms with van der Waals surface area (Å²) in [5, 5.41) is 0. The fourth-order valence-electron chi connectivity index (χ4n) is 5.06. The average Bonchev–Trinajstić information content (AvgIpc) is 2.52. The minimum atomic E-state index is -1.17. The highest BCUT2D eigenvalue weighted by Gasteiger charge is 2.33. The molecule has 0 spiro atoms. The number of hydrogen-bond acceptors (Lipinski definition) is 4. The molecule has 4 nitrogen and oxygen atoms in total. The lowest BCUT2D eigenvalue weighted by Gasteiger charge is -2.40.